The van der Waals surface area contributed by atoms with Crippen LogP contribution < -0.4 is 20.9 Å². The summed E-state index contributed by atoms with van der Waals surface area (Å²) in [5.41, 5.74) is 2.31. The van der Waals surface area contributed by atoms with Gasteiger partial charge in [-0.1, -0.05) is 41.9 Å². The Hall–Kier alpha value is -2.56. The number of carbonyl (C=O) groups is 1. The van der Waals surface area contributed by atoms with Crippen molar-refractivity contribution < 1.29 is 4.79 Å². The summed E-state index contributed by atoms with van der Waals surface area (Å²) in [5, 5.41) is 11.4. The number of amides is 2. The van der Waals surface area contributed by atoms with Crippen LogP contribution in [0.2, 0.25) is 0 Å². The highest BCUT2D eigenvalue weighted by Crippen LogP contribution is 2.34. The summed E-state index contributed by atoms with van der Waals surface area (Å²) >= 11 is 4.87. The molecule has 3 heterocycles. The largest absolute Gasteiger partial charge is 0.338 e. The number of halogens is 1. The van der Waals surface area contributed by atoms with Crippen LogP contribution in [0.5, 0.6) is 0 Å². The van der Waals surface area contributed by atoms with Gasteiger partial charge in [-0.25, -0.2) is 19.7 Å². The van der Waals surface area contributed by atoms with Crippen LogP contribution in [0, 0.1) is 0 Å². The molecule has 0 radical (unpaired) electrons. The maximum Gasteiger partial charge on any atom is 0.325 e. The molecular weight excluding hydrogens is 478 g/mol. The van der Waals surface area contributed by atoms with E-state index in [1.807, 2.05) is 17.5 Å². The summed E-state index contributed by atoms with van der Waals surface area (Å²) in [7, 11) is 0. The smallest absolute Gasteiger partial charge is 0.325 e. The number of urea groups is 1. The standard InChI is InChI=1S/C21H24BrN7OS/c1-21(2,14-3-5-15(22)6-4-14)17-13-31-20(27-17)28-19(30)26-16-11-24-18(25-12-16)29-9-7-23-8-10-29/h3-6,11-13,23H,7-10H2,1-2H3,(H2,26,27,28,30). The van der Waals surface area contributed by atoms with E-state index in [1.54, 1.807) is 12.4 Å². The number of piperazine rings is 1. The summed E-state index contributed by atoms with van der Waals surface area (Å²) in [5.74, 6) is 0.673. The van der Waals surface area contributed by atoms with E-state index in [2.05, 4.69) is 77.7 Å². The first-order chi connectivity index (χ1) is 14.9. The Morgan fingerprint density at radius 2 is 1.81 bits per heavy atom. The van der Waals surface area contributed by atoms with Crippen molar-refractivity contribution >= 4 is 50.1 Å². The van der Waals surface area contributed by atoms with Gasteiger partial charge in [0.15, 0.2) is 5.13 Å². The van der Waals surface area contributed by atoms with E-state index in [0.717, 1.165) is 41.9 Å². The molecule has 162 valence electrons. The summed E-state index contributed by atoms with van der Waals surface area (Å²) < 4.78 is 1.04. The van der Waals surface area contributed by atoms with Crippen LogP contribution in [0.3, 0.4) is 0 Å². The number of nitrogens with zero attached hydrogens (tertiary/aromatic N) is 4. The van der Waals surface area contributed by atoms with Gasteiger partial charge in [0, 0.05) is 41.4 Å². The first-order valence-electron chi connectivity index (χ1n) is 9.99. The summed E-state index contributed by atoms with van der Waals surface area (Å²) in [4.78, 5) is 27.9. The number of thiazole rings is 1. The van der Waals surface area contributed by atoms with Crippen LogP contribution in [0.4, 0.5) is 21.6 Å². The average Bonchev–Trinajstić information content (AvgIpc) is 3.24. The molecule has 0 atom stereocenters. The lowest BCUT2D eigenvalue weighted by Crippen LogP contribution is -2.44. The van der Waals surface area contributed by atoms with Gasteiger partial charge in [0.2, 0.25) is 5.95 Å². The summed E-state index contributed by atoms with van der Waals surface area (Å²) in [6.45, 7) is 7.81. The zero-order valence-corrected chi connectivity index (χ0v) is 19.8. The molecule has 2 amide bonds. The normalized spacial score (nSPS) is 14.4. The molecule has 0 aliphatic carbocycles. The Bertz CT molecular complexity index is 1030. The lowest BCUT2D eigenvalue weighted by molar-refractivity contribution is 0.262. The number of rotatable bonds is 5. The third-order valence-electron chi connectivity index (χ3n) is 5.23. The van der Waals surface area contributed by atoms with Crippen molar-refractivity contribution in [1.82, 2.24) is 20.3 Å². The Morgan fingerprint density at radius 3 is 2.48 bits per heavy atom. The van der Waals surface area contributed by atoms with Crippen molar-refractivity contribution in [3.8, 4) is 0 Å². The molecule has 1 aliphatic heterocycles. The van der Waals surface area contributed by atoms with E-state index < -0.39 is 0 Å². The molecule has 4 rings (SSSR count). The van der Waals surface area contributed by atoms with Gasteiger partial charge < -0.3 is 15.5 Å². The lowest BCUT2D eigenvalue weighted by Gasteiger charge is -2.27. The second-order valence-corrected chi connectivity index (χ2v) is 9.53. The molecule has 31 heavy (non-hydrogen) atoms. The maximum atomic E-state index is 12.4. The first-order valence-corrected chi connectivity index (χ1v) is 11.7. The fourth-order valence-electron chi connectivity index (χ4n) is 3.31. The molecule has 1 aliphatic rings. The van der Waals surface area contributed by atoms with Crippen molar-refractivity contribution in [1.29, 1.82) is 0 Å². The molecule has 3 aromatic rings. The fraction of sp³-hybridized carbons (Fsp3) is 0.333. The quantitative estimate of drug-likeness (QED) is 0.487. The van der Waals surface area contributed by atoms with E-state index in [9.17, 15) is 4.79 Å². The van der Waals surface area contributed by atoms with Gasteiger partial charge in [0.1, 0.15) is 0 Å². The van der Waals surface area contributed by atoms with Gasteiger partial charge >= 0.3 is 6.03 Å². The predicted molar refractivity (Wildman–Crippen MR) is 128 cm³/mol. The van der Waals surface area contributed by atoms with Crippen molar-refractivity contribution in [3.05, 3.63) is 57.8 Å². The molecule has 0 spiro atoms. The highest BCUT2D eigenvalue weighted by Gasteiger charge is 2.26. The SMILES string of the molecule is CC(C)(c1ccc(Br)cc1)c1csc(NC(=O)Nc2cnc(N3CCNCC3)nc2)n1. The van der Waals surface area contributed by atoms with Crippen LogP contribution >= 0.6 is 27.3 Å². The van der Waals surface area contributed by atoms with Crippen molar-refractivity contribution in [2.45, 2.75) is 19.3 Å². The molecule has 0 unspecified atom stereocenters. The number of hydrogen-bond acceptors (Lipinski definition) is 7. The van der Waals surface area contributed by atoms with Gasteiger partial charge in [0.05, 0.1) is 23.8 Å². The number of nitrogens with one attached hydrogen (secondary N) is 3. The van der Waals surface area contributed by atoms with E-state index in [1.165, 1.54) is 11.3 Å². The molecule has 1 aromatic carbocycles. The fourth-order valence-corrected chi connectivity index (χ4v) is 4.44. The minimum atomic E-state index is -0.374. The number of aromatic nitrogens is 3. The van der Waals surface area contributed by atoms with Crippen LogP contribution in [0.25, 0.3) is 0 Å². The summed E-state index contributed by atoms with van der Waals surface area (Å²) in [6.07, 6.45) is 3.24. The predicted octanol–water partition coefficient (Wildman–Crippen LogP) is 4.08. The van der Waals surface area contributed by atoms with Crippen LogP contribution in [0.1, 0.15) is 25.1 Å². The third-order valence-corrected chi connectivity index (χ3v) is 6.51. The molecule has 1 fully saturated rings. The molecule has 8 nitrogen and oxygen atoms in total. The monoisotopic (exact) mass is 501 g/mol. The Morgan fingerprint density at radius 1 is 1.13 bits per heavy atom. The van der Waals surface area contributed by atoms with Gasteiger partial charge in [0.25, 0.3) is 0 Å². The third kappa shape index (κ3) is 5.20. The maximum absolute atomic E-state index is 12.4. The second-order valence-electron chi connectivity index (χ2n) is 7.76. The highest BCUT2D eigenvalue weighted by molar-refractivity contribution is 9.10. The minimum absolute atomic E-state index is 0.277. The Labute approximate surface area is 193 Å². The first kappa shape index (κ1) is 21.7. The molecular formula is C21H24BrN7OS. The van der Waals surface area contributed by atoms with E-state index in [-0.39, 0.29) is 11.4 Å². The van der Waals surface area contributed by atoms with Crippen molar-refractivity contribution in [2.75, 3.05) is 41.7 Å². The van der Waals surface area contributed by atoms with E-state index >= 15 is 0 Å². The second kappa shape index (κ2) is 9.29. The molecule has 2 aromatic heterocycles. The number of hydrogen-bond donors (Lipinski definition) is 3. The molecule has 0 bridgehead atoms. The molecule has 0 saturated carbocycles. The number of benzene rings is 1. The zero-order chi connectivity index (χ0) is 21.8. The Kier molecular flexibility index (Phi) is 6.49. The molecule has 3 N–H and O–H groups in total. The summed E-state index contributed by atoms with van der Waals surface area (Å²) in [6, 6.07) is 7.82. The minimum Gasteiger partial charge on any atom is -0.338 e. The zero-order valence-electron chi connectivity index (χ0n) is 17.4. The van der Waals surface area contributed by atoms with Crippen molar-refractivity contribution in [3.63, 3.8) is 0 Å². The van der Waals surface area contributed by atoms with Gasteiger partial charge in [-0.05, 0) is 17.7 Å². The van der Waals surface area contributed by atoms with Crippen LogP contribution in [0.15, 0.2) is 46.5 Å². The number of carbonyl (C=O) groups excluding carboxylic acids is 1. The van der Waals surface area contributed by atoms with Crippen LogP contribution in [-0.4, -0.2) is 47.2 Å². The van der Waals surface area contributed by atoms with Gasteiger partial charge in [-0.3, -0.25) is 5.32 Å². The van der Waals surface area contributed by atoms with Gasteiger partial charge in [-0.15, -0.1) is 11.3 Å². The Balaban J connectivity index is 1.37. The highest BCUT2D eigenvalue weighted by atomic mass is 79.9. The van der Waals surface area contributed by atoms with Crippen LogP contribution in [-0.2, 0) is 5.41 Å². The molecule has 10 heteroatoms. The average molecular weight is 502 g/mol. The number of anilines is 3. The van der Waals surface area contributed by atoms with Crippen molar-refractivity contribution in [2.24, 2.45) is 0 Å². The van der Waals surface area contributed by atoms with E-state index in [0.29, 0.717) is 16.8 Å². The lowest BCUT2D eigenvalue weighted by atomic mass is 9.82. The van der Waals surface area contributed by atoms with E-state index in [4.69, 9.17) is 0 Å². The molecule has 1 saturated heterocycles. The van der Waals surface area contributed by atoms with Gasteiger partial charge in [-0.2, -0.15) is 0 Å². The topological polar surface area (TPSA) is 95.1 Å².